The fourth-order valence-corrected chi connectivity index (χ4v) is 3.94. The lowest BCUT2D eigenvalue weighted by molar-refractivity contribution is -0.671. The molecule has 35 heavy (non-hydrogen) atoms. The molecule has 10 heteroatoms. The number of rotatable bonds is 5. The van der Waals surface area contributed by atoms with Gasteiger partial charge in [-0.25, -0.2) is 13.0 Å². The van der Waals surface area contributed by atoms with E-state index in [9.17, 15) is 23.1 Å². The Hall–Kier alpha value is -3.60. The maximum absolute atomic E-state index is 10.4. The molecular weight excluding hydrogens is 468 g/mol. The minimum atomic E-state index is -4.61. The van der Waals surface area contributed by atoms with E-state index in [-0.39, 0.29) is 0 Å². The van der Waals surface area contributed by atoms with Gasteiger partial charge in [-0.2, -0.15) is 0 Å². The van der Waals surface area contributed by atoms with E-state index in [0.717, 1.165) is 50.4 Å². The van der Waals surface area contributed by atoms with Gasteiger partial charge >= 0.3 is 0 Å². The molecule has 4 rings (SSSR count). The van der Waals surface area contributed by atoms with Crippen molar-refractivity contribution in [1.29, 1.82) is 0 Å². The minimum absolute atomic E-state index is 0.420. The average Bonchev–Trinajstić information content (AvgIpc) is 2.84. The van der Waals surface area contributed by atoms with Gasteiger partial charge in [0.2, 0.25) is 0 Å². The third-order valence-electron chi connectivity index (χ3n) is 5.55. The van der Waals surface area contributed by atoms with E-state index in [1.165, 1.54) is 16.8 Å². The Labute approximate surface area is 205 Å². The van der Waals surface area contributed by atoms with Crippen molar-refractivity contribution in [3.63, 3.8) is 0 Å². The van der Waals surface area contributed by atoms with Crippen molar-refractivity contribution < 1.29 is 22.5 Å². The standard InChI is InChI=1S/C19H24N3.C6H5NO5S/c1-20-11-9-18(10-12-20)4-3-17-5-7-19(8-6-17)22-15-13-21(2)14-16-22;8-7(9)5-2-1-3-6(4-5)13(10,11)12/h3-12H,13-16H2,1-2H3;1-4H,(H,10,11,12)/q+1;/p-1. The van der Waals surface area contributed by atoms with Gasteiger partial charge in [-0.1, -0.05) is 30.4 Å². The highest BCUT2D eigenvalue weighted by Crippen LogP contribution is 2.18. The van der Waals surface area contributed by atoms with Crippen LogP contribution in [0.5, 0.6) is 0 Å². The average molecular weight is 497 g/mol. The molecule has 1 aromatic heterocycles. The van der Waals surface area contributed by atoms with Crippen LogP contribution in [0.4, 0.5) is 11.4 Å². The molecule has 0 atom stereocenters. The first-order valence-electron chi connectivity index (χ1n) is 11.0. The predicted octanol–water partition coefficient (Wildman–Crippen LogP) is 2.93. The van der Waals surface area contributed by atoms with Crippen LogP contribution < -0.4 is 9.47 Å². The van der Waals surface area contributed by atoms with Crippen molar-refractivity contribution >= 4 is 33.6 Å². The summed E-state index contributed by atoms with van der Waals surface area (Å²) in [5.74, 6) is 0. The second-order valence-electron chi connectivity index (χ2n) is 8.22. The van der Waals surface area contributed by atoms with Gasteiger partial charge in [0.15, 0.2) is 12.4 Å². The maximum atomic E-state index is 10.4. The van der Waals surface area contributed by atoms with Crippen LogP contribution in [0, 0.1) is 10.1 Å². The number of anilines is 1. The fourth-order valence-electron chi connectivity index (χ4n) is 3.43. The molecule has 0 aliphatic carbocycles. The van der Waals surface area contributed by atoms with Crippen molar-refractivity contribution in [1.82, 2.24) is 4.90 Å². The van der Waals surface area contributed by atoms with E-state index < -0.39 is 25.6 Å². The number of piperazine rings is 1. The SMILES string of the molecule is CN1CCN(c2ccc(/C=C/c3cc[n+](C)cc3)cc2)CC1.O=[N+]([O-])c1cccc(S(=O)(=O)[O-])c1. The Bertz CT molecular complexity index is 1270. The Morgan fingerprint density at radius 1 is 0.914 bits per heavy atom. The van der Waals surface area contributed by atoms with Gasteiger partial charge in [0, 0.05) is 56.1 Å². The van der Waals surface area contributed by atoms with E-state index in [1.54, 1.807) is 0 Å². The first-order valence-corrected chi connectivity index (χ1v) is 12.4. The normalized spacial score (nSPS) is 14.4. The number of aromatic nitrogens is 1. The summed E-state index contributed by atoms with van der Waals surface area (Å²) >= 11 is 0. The Morgan fingerprint density at radius 3 is 2.03 bits per heavy atom. The number of benzene rings is 2. The van der Waals surface area contributed by atoms with Gasteiger partial charge in [0.1, 0.15) is 17.2 Å². The molecule has 1 fully saturated rings. The summed E-state index contributed by atoms with van der Waals surface area (Å²) in [7, 11) is -0.392. The quantitative estimate of drug-likeness (QED) is 0.231. The Balaban J connectivity index is 0.000000225. The maximum Gasteiger partial charge on any atom is 0.270 e. The molecule has 184 valence electrons. The molecule has 3 aromatic rings. The highest BCUT2D eigenvalue weighted by Gasteiger charge is 2.13. The molecule has 0 saturated carbocycles. The van der Waals surface area contributed by atoms with Gasteiger partial charge in [0.25, 0.3) is 5.69 Å². The molecule has 0 N–H and O–H groups in total. The first kappa shape index (κ1) is 26.0. The molecular formula is C25H28N4O5S. The number of hydrogen-bond acceptors (Lipinski definition) is 7. The lowest BCUT2D eigenvalue weighted by atomic mass is 10.1. The van der Waals surface area contributed by atoms with Crippen LogP contribution in [0.15, 0.2) is 78.0 Å². The second-order valence-corrected chi connectivity index (χ2v) is 9.60. The topological polar surface area (TPSA) is 111 Å². The van der Waals surface area contributed by atoms with Crippen molar-refractivity contribution in [2.24, 2.45) is 7.05 Å². The van der Waals surface area contributed by atoms with Gasteiger partial charge in [-0.05, 0) is 36.4 Å². The van der Waals surface area contributed by atoms with Crippen LogP contribution in [0.1, 0.15) is 11.1 Å². The largest absolute Gasteiger partial charge is 0.744 e. The number of hydrogen-bond donors (Lipinski definition) is 0. The molecule has 2 heterocycles. The summed E-state index contributed by atoms with van der Waals surface area (Å²) in [6.07, 6.45) is 8.46. The van der Waals surface area contributed by atoms with Gasteiger partial charge in [0.05, 0.1) is 9.82 Å². The van der Waals surface area contributed by atoms with Gasteiger partial charge in [-0.3, -0.25) is 10.1 Å². The molecule has 2 aromatic carbocycles. The minimum Gasteiger partial charge on any atom is -0.744 e. The number of non-ortho nitro benzene ring substituents is 1. The third kappa shape index (κ3) is 7.99. The second kappa shape index (κ2) is 11.7. The zero-order chi connectivity index (χ0) is 25.4. The lowest BCUT2D eigenvalue weighted by Gasteiger charge is -2.34. The van der Waals surface area contributed by atoms with E-state index in [1.807, 2.05) is 11.6 Å². The highest BCUT2D eigenvalue weighted by molar-refractivity contribution is 7.85. The van der Waals surface area contributed by atoms with Crippen LogP contribution in [0.3, 0.4) is 0 Å². The molecule has 1 aliphatic rings. The van der Waals surface area contributed by atoms with Crippen LogP contribution in [0.25, 0.3) is 12.2 Å². The summed E-state index contributed by atoms with van der Waals surface area (Å²) in [6.45, 7) is 4.53. The number of aryl methyl sites for hydroxylation is 1. The van der Waals surface area contributed by atoms with Crippen LogP contribution in [-0.4, -0.2) is 56.0 Å². The highest BCUT2D eigenvalue weighted by atomic mass is 32.2. The molecule has 1 saturated heterocycles. The van der Waals surface area contributed by atoms with Crippen molar-refractivity contribution in [3.05, 3.63) is 94.3 Å². The summed E-state index contributed by atoms with van der Waals surface area (Å²) in [6, 6.07) is 17.1. The number of pyridine rings is 1. The van der Waals surface area contributed by atoms with Gasteiger partial charge < -0.3 is 14.4 Å². The van der Waals surface area contributed by atoms with E-state index in [2.05, 4.69) is 77.8 Å². The molecule has 0 amide bonds. The lowest BCUT2D eigenvalue weighted by Crippen LogP contribution is -2.44. The number of nitro benzene ring substituents is 1. The summed E-state index contributed by atoms with van der Waals surface area (Å²) in [5.41, 5.74) is 3.38. The van der Waals surface area contributed by atoms with Crippen molar-refractivity contribution in [2.75, 3.05) is 38.1 Å². The molecule has 9 nitrogen and oxygen atoms in total. The van der Waals surface area contributed by atoms with E-state index in [0.29, 0.717) is 0 Å². The zero-order valence-electron chi connectivity index (χ0n) is 19.6. The van der Waals surface area contributed by atoms with E-state index >= 15 is 0 Å². The summed E-state index contributed by atoms with van der Waals surface area (Å²) in [4.78, 5) is 13.7. The van der Waals surface area contributed by atoms with Crippen molar-refractivity contribution in [2.45, 2.75) is 4.90 Å². The number of nitro groups is 1. The molecule has 0 unspecified atom stereocenters. The first-order chi connectivity index (χ1) is 16.6. The zero-order valence-corrected chi connectivity index (χ0v) is 20.5. The van der Waals surface area contributed by atoms with Crippen LogP contribution in [0.2, 0.25) is 0 Å². The Morgan fingerprint density at radius 2 is 1.49 bits per heavy atom. The summed E-state index contributed by atoms with van der Waals surface area (Å²) in [5, 5.41) is 10.2. The number of nitrogens with zero attached hydrogens (tertiary/aromatic N) is 4. The van der Waals surface area contributed by atoms with Crippen molar-refractivity contribution in [3.8, 4) is 0 Å². The molecule has 0 bridgehead atoms. The fraction of sp³-hybridized carbons (Fsp3) is 0.240. The molecule has 0 spiro atoms. The van der Waals surface area contributed by atoms with Crippen LogP contribution in [-0.2, 0) is 17.2 Å². The molecule has 0 radical (unpaired) electrons. The predicted molar refractivity (Wildman–Crippen MR) is 134 cm³/mol. The smallest absolute Gasteiger partial charge is 0.270 e. The Kier molecular flexibility index (Phi) is 8.69. The van der Waals surface area contributed by atoms with Crippen LogP contribution >= 0.6 is 0 Å². The number of likely N-dealkylation sites (N-methyl/N-ethyl adjacent to an activating group) is 1. The monoisotopic (exact) mass is 496 g/mol. The third-order valence-corrected chi connectivity index (χ3v) is 6.38. The molecule has 1 aliphatic heterocycles. The summed E-state index contributed by atoms with van der Waals surface area (Å²) < 4.78 is 33.3. The van der Waals surface area contributed by atoms with E-state index in [4.69, 9.17) is 0 Å². The van der Waals surface area contributed by atoms with Gasteiger partial charge in [-0.15, -0.1) is 0 Å².